The quantitative estimate of drug-likeness (QED) is 0.818. The average molecular weight is 252 g/mol. The molecule has 104 valence electrons. The van der Waals surface area contributed by atoms with Crippen LogP contribution in [-0.2, 0) is 4.74 Å². The summed E-state index contributed by atoms with van der Waals surface area (Å²) in [6.45, 7) is 7.64. The molecule has 3 heteroatoms. The molecule has 0 aromatic rings. The molecular formula is C15H28N2O. The molecule has 0 spiro atoms. The molecule has 1 heterocycles. The van der Waals surface area contributed by atoms with E-state index in [9.17, 15) is 0 Å². The van der Waals surface area contributed by atoms with E-state index in [-0.39, 0.29) is 5.54 Å². The molecule has 2 saturated carbocycles. The number of hydrogen-bond acceptors (Lipinski definition) is 3. The van der Waals surface area contributed by atoms with Crippen molar-refractivity contribution in [3.05, 3.63) is 0 Å². The summed E-state index contributed by atoms with van der Waals surface area (Å²) in [4.78, 5) is 2.77. The lowest BCUT2D eigenvalue weighted by Gasteiger charge is -2.54. The summed E-state index contributed by atoms with van der Waals surface area (Å²) in [5.74, 6) is 0. The van der Waals surface area contributed by atoms with Gasteiger partial charge in [0.1, 0.15) is 0 Å². The molecule has 1 saturated heterocycles. The van der Waals surface area contributed by atoms with Crippen LogP contribution < -0.4 is 5.73 Å². The van der Waals surface area contributed by atoms with E-state index in [0.29, 0.717) is 17.6 Å². The molecule has 3 atom stereocenters. The first-order valence-corrected chi connectivity index (χ1v) is 7.69. The molecule has 0 aromatic heterocycles. The first-order chi connectivity index (χ1) is 8.61. The van der Waals surface area contributed by atoms with Gasteiger partial charge >= 0.3 is 0 Å². The second-order valence-corrected chi connectivity index (χ2v) is 7.07. The van der Waals surface area contributed by atoms with E-state index in [2.05, 4.69) is 18.7 Å². The average Bonchev–Trinajstić information content (AvgIpc) is 2.92. The topological polar surface area (TPSA) is 38.5 Å². The smallest absolute Gasteiger partial charge is 0.0731 e. The maximum atomic E-state index is 6.28. The molecule has 1 aliphatic heterocycles. The lowest BCUT2D eigenvalue weighted by atomic mass is 9.72. The highest BCUT2D eigenvalue weighted by atomic mass is 16.5. The fourth-order valence-corrected chi connectivity index (χ4v) is 4.88. The second-order valence-electron chi connectivity index (χ2n) is 7.07. The highest BCUT2D eigenvalue weighted by Gasteiger charge is 2.55. The van der Waals surface area contributed by atoms with Crippen LogP contribution in [0.2, 0.25) is 0 Å². The van der Waals surface area contributed by atoms with Gasteiger partial charge in [-0.1, -0.05) is 20.3 Å². The summed E-state index contributed by atoms with van der Waals surface area (Å²) in [7, 11) is 0. The van der Waals surface area contributed by atoms with Crippen molar-refractivity contribution in [2.75, 3.05) is 19.7 Å². The summed E-state index contributed by atoms with van der Waals surface area (Å²) in [5.41, 5.74) is 6.86. The Bertz CT molecular complexity index is 318. The third-order valence-corrected chi connectivity index (χ3v) is 6.02. The molecule has 0 bridgehead atoms. The highest BCUT2D eigenvalue weighted by Crippen LogP contribution is 2.51. The van der Waals surface area contributed by atoms with Crippen molar-refractivity contribution in [1.29, 1.82) is 0 Å². The minimum atomic E-state index is 0.226. The summed E-state index contributed by atoms with van der Waals surface area (Å²) >= 11 is 0. The lowest BCUT2D eigenvalue weighted by Crippen LogP contribution is -2.66. The van der Waals surface area contributed by atoms with Crippen LogP contribution >= 0.6 is 0 Å². The van der Waals surface area contributed by atoms with Gasteiger partial charge in [-0.25, -0.2) is 0 Å². The molecule has 2 N–H and O–H groups in total. The van der Waals surface area contributed by atoms with E-state index >= 15 is 0 Å². The SMILES string of the molecule is CC1(C)CCCC1(CN)N1CCOC2CCCC21. The number of fused-ring (bicyclic) bond motifs is 1. The largest absolute Gasteiger partial charge is 0.375 e. The summed E-state index contributed by atoms with van der Waals surface area (Å²) in [5, 5.41) is 0. The van der Waals surface area contributed by atoms with Gasteiger partial charge in [-0.15, -0.1) is 0 Å². The molecule has 18 heavy (non-hydrogen) atoms. The van der Waals surface area contributed by atoms with Gasteiger partial charge in [0.15, 0.2) is 0 Å². The van der Waals surface area contributed by atoms with Gasteiger partial charge in [-0.05, 0) is 37.5 Å². The van der Waals surface area contributed by atoms with Crippen LogP contribution in [0.4, 0.5) is 0 Å². The Kier molecular flexibility index (Phi) is 3.20. The standard InChI is InChI=1S/C15H28N2O/c1-14(2)7-4-8-15(14,11-16)17-9-10-18-13-6-3-5-12(13)17/h12-13H,3-11,16H2,1-2H3. The Morgan fingerprint density at radius 1 is 1.22 bits per heavy atom. The van der Waals surface area contributed by atoms with Gasteiger partial charge in [0, 0.05) is 24.7 Å². The lowest BCUT2D eigenvalue weighted by molar-refractivity contribution is -0.120. The summed E-state index contributed by atoms with van der Waals surface area (Å²) in [6.07, 6.45) is 8.30. The van der Waals surface area contributed by atoms with Crippen LogP contribution in [0.25, 0.3) is 0 Å². The van der Waals surface area contributed by atoms with Crippen molar-refractivity contribution >= 4 is 0 Å². The van der Waals surface area contributed by atoms with Gasteiger partial charge in [-0.3, -0.25) is 4.90 Å². The molecule has 3 rings (SSSR count). The van der Waals surface area contributed by atoms with E-state index in [1.54, 1.807) is 0 Å². The maximum Gasteiger partial charge on any atom is 0.0731 e. The van der Waals surface area contributed by atoms with E-state index in [0.717, 1.165) is 19.7 Å². The third kappa shape index (κ3) is 1.67. The third-order valence-electron chi connectivity index (χ3n) is 6.02. The Morgan fingerprint density at radius 2 is 2.06 bits per heavy atom. The van der Waals surface area contributed by atoms with E-state index in [1.165, 1.54) is 38.5 Å². The number of rotatable bonds is 2. The van der Waals surface area contributed by atoms with Crippen LogP contribution in [0.15, 0.2) is 0 Å². The van der Waals surface area contributed by atoms with Crippen molar-refractivity contribution in [3.8, 4) is 0 Å². The van der Waals surface area contributed by atoms with Crippen LogP contribution in [0, 0.1) is 5.41 Å². The molecular weight excluding hydrogens is 224 g/mol. The van der Waals surface area contributed by atoms with Crippen LogP contribution in [0.1, 0.15) is 52.4 Å². The number of ether oxygens (including phenoxy) is 1. The van der Waals surface area contributed by atoms with Gasteiger partial charge in [0.05, 0.1) is 12.7 Å². The van der Waals surface area contributed by atoms with Gasteiger partial charge in [-0.2, -0.15) is 0 Å². The fourth-order valence-electron chi connectivity index (χ4n) is 4.88. The first-order valence-electron chi connectivity index (χ1n) is 7.69. The van der Waals surface area contributed by atoms with E-state index < -0.39 is 0 Å². The Hall–Kier alpha value is -0.120. The molecule has 0 radical (unpaired) electrons. The normalized spacial score (nSPS) is 44.2. The fraction of sp³-hybridized carbons (Fsp3) is 1.00. The Labute approximate surface area is 111 Å². The number of hydrogen-bond donors (Lipinski definition) is 1. The van der Waals surface area contributed by atoms with Crippen LogP contribution in [0.5, 0.6) is 0 Å². The molecule has 0 amide bonds. The van der Waals surface area contributed by atoms with Crippen molar-refractivity contribution in [1.82, 2.24) is 4.90 Å². The number of morpholine rings is 1. The van der Waals surface area contributed by atoms with Crippen molar-refractivity contribution in [2.24, 2.45) is 11.1 Å². The van der Waals surface area contributed by atoms with Crippen LogP contribution in [-0.4, -0.2) is 42.3 Å². The predicted molar refractivity (Wildman–Crippen MR) is 73.5 cm³/mol. The number of nitrogens with two attached hydrogens (primary N) is 1. The molecule has 3 aliphatic rings. The summed E-state index contributed by atoms with van der Waals surface area (Å²) in [6, 6.07) is 0.639. The van der Waals surface area contributed by atoms with Crippen molar-refractivity contribution in [3.63, 3.8) is 0 Å². The molecule has 2 aliphatic carbocycles. The second kappa shape index (κ2) is 4.46. The zero-order valence-corrected chi connectivity index (χ0v) is 12.0. The molecule has 3 unspecified atom stereocenters. The van der Waals surface area contributed by atoms with E-state index in [1.807, 2.05) is 0 Å². The van der Waals surface area contributed by atoms with Gasteiger partial charge in [0.2, 0.25) is 0 Å². The Balaban J connectivity index is 1.91. The first kappa shape index (κ1) is 12.9. The van der Waals surface area contributed by atoms with Gasteiger partial charge in [0.25, 0.3) is 0 Å². The minimum absolute atomic E-state index is 0.226. The molecule has 3 nitrogen and oxygen atoms in total. The van der Waals surface area contributed by atoms with Crippen molar-refractivity contribution < 1.29 is 4.74 Å². The molecule has 0 aromatic carbocycles. The monoisotopic (exact) mass is 252 g/mol. The van der Waals surface area contributed by atoms with Gasteiger partial charge < -0.3 is 10.5 Å². The van der Waals surface area contributed by atoms with E-state index in [4.69, 9.17) is 10.5 Å². The van der Waals surface area contributed by atoms with Crippen molar-refractivity contribution in [2.45, 2.75) is 70.1 Å². The maximum absolute atomic E-state index is 6.28. The zero-order chi connectivity index (χ0) is 12.8. The zero-order valence-electron chi connectivity index (χ0n) is 12.0. The predicted octanol–water partition coefficient (Wildman–Crippen LogP) is 2.15. The minimum Gasteiger partial charge on any atom is -0.375 e. The number of nitrogens with zero attached hydrogens (tertiary/aromatic N) is 1. The Morgan fingerprint density at radius 3 is 2.72 bits per heavy atom. The van der Waals surface area contributed by atoms with Crippen LogP contribution in [0.3, 0.4) is 0 Å². The molecule has 3 fully saturated rings. The highest BCUT2D eigenvalue weighted by molar-refractivity contribution is 5.10. The summed E-state index contributed by atoms with van der Waals surface area (Å²) < 4.78 is 5.97.